The van der Waals surface area contributed by atoms with E-state index in [1.54, 1.807) is 6.07 Å². The van der Waals surface area contributed by atoms with Crippen molar-refractivity contribution in [2.75, 3.05) is 24.3 Å². The monoisotopic (exact) mass is 802 g/mol. The maximum Gasteiger partial charge on any atom is 0.394 e. The number of benzene rings is 3. The highest BCUT2D eigenvalue weighted by molar-refractivity contribution is 7.79. The largest absolute Gasteiger partial charge is 0.396 e. The Labute approximate surface area is 332 Å². The summed E-state index contributed by atoms with van der Waals surface area (Å²) < 4.78 is 73.3. The summed E-state index contributed by atoms with van der Waals surface area (Å²) in [5, 5.41) is 3.71. The summed E-state index contributed by atoms with van der Waals surface area (Å²) in [6.07, 6.45) is 5.85. The average Bonchev–Trinajstić information content (AvgIpc) is 3.16. The van der Waals surface area contributed by atoms with Crippen LogP contribution in [0.2, 0.25) is 0 Å². The highest BCUT2D eigenvalue weighted by atomic mass is 32.3. The van der Waals surface area contributed by atoms with E-state index >= 15 is 4.39 Å². The SMILES string of the molecule is CCOC(OCC)c1cc(NC(c2ccccc2)(c2ccccc2)c2ccccc2)c(F)c(C2CCC2)n1.Nc1cc(C=O)nc(C2CCC2)c1F.O=S(=O)(O)O. The van der Waals surface area contributed by atoms with Crippen LogP contribution in [-0.2, 0) is 25.4 Å². The van der Waals surface area contributed by atoms with Crippen molar-refractivity contribution in [1.82, 2.24) is 9.97 Å². The lowest BCUT2D eigenvalue weighted by Crippen LogP contribution is -2.38. The first-order chi connectivity index (χ1) is 27.4. The number of ether oxygens (including phenoxy) is 2. The average molecular weight is 803 g/mol. The zero-order valence-corrected chi connectivity index (χ0v) is 32.7. The second-order valence-corrected chi connectivity index (χ2v) is 14.6. The fourth-order valence-electron chi connectivity index (χ4n) is 6.84. The molecule has 5 N–H and O–H groups in total. The lowest BCUT2D eigenvalue weighted by atomic mass is 9.76. The van der Waals surface area contributed by atoms with E-state index in [-0.39, 0.29) is 29.0 Å². The number of aromatic nitrogens is 2. The third-order valence-electron chi connectivity index (χ3n) is 9.96. The van der Waals surface area contributed by atoms with Crippen molar-refractivity contribution < 1.29 is 40.6 Å². The molecule has 2 heterocycles. The molecule has 0 radical (unpaired) electrons. The van der Waals surface area contributed by atoms with E-state index in [1.165, 1.54) is 6.07 Å². The summed E-state index contributed by atoms with van der Waals surface area (Å²) in [5.41, 5.74) is 9.66. The smallest absolute Gasteiger partial charge is 0.394 e. The van der Waals surface area contributed by atoms with E-state index in [0.717, 1.165) is 55.2 Å². The van der Waals surface area contributed by atoms with E-state index in [4.69, 9.17) is 37.7 Å². The third kappa shape index (κ3) is 10.8. The van der Waals surface area contributed by atoms with Gasteiger partial charge in [0.15, 0.2) is 17.9 Å². The Morgan fingerprint density at radius 2 is 1.19 bits per heavy atom. The van der Waals surface area contributed by atoms with Crippen LogP contribution in [0.3, 0.4) is 0 Å². The summed E-state index contributed by atoms with van der Waals surface area (Å²) in [4.78, 5) is 19.2. The standard InChI is InChI=1S/C33H35FN2O2.C10H11FN2O.H2O4S/c1-3-37-32(38-4-2)29-23-28(30(34)31(35-29)24-15-14-16-24)36-33(25-17-8-5-9-18-25,26-19-10-6-11-20-26)27-21-12-7-13-22-27;11-9-8(12)4-7(5-14)13-10(9)6-2-1-3-6;1-5(2,3)4/h5-13,17-24,32H,3-4,14-16H2,1-2H3,(H,35,36);4-6H,1-3H2,(H2,12,13);(H2,1,2,3,4). The lowest BCUT2D eigenvalue weighted by molar-refractivity contribution is -0.142. The number of carbonyl (C=O) groups excluding carboxylic acids is 1. The van der Waals surface area contributed by atoms with Gasteiger partial charge in [0.2, 0.25) is 6.29 Å². The number of hydrogen-bond donors (Lipinski definition) is 4. The molecule has 0 saturated heterocycles. The number of halogens is 2. The van der Waals surface area contributed by atoms with Crippen molar-refractivity contribution in [2.45, 2.75) is 76.0 Å². The lowest BCUT2D eigenvalue weighted by Gasteiger charge is -2.38. The Morgan fingerprint density at radius 3 is 1.56 bits per heavy atom. The molecule has 2 aromatic heterocycles. The van der Waals surface area contributed by atoms with Gasteiger partial charge in [0.1, 0.15) is 11.2 Å². The molecule has 0 amide bonds. The normalized spacial score (nSPS) is 14.3. The van der Waals surface area contributed by atoms with Crippen molar-refractivity contribution in [2.24, 2.45) is 0 Å². The number of nitrogens with zero attached hydrogens (tertiary/aromatic N) is 2. The maximum absolute atomic E-state index is 16.4. The third-order valence-corrected chi connectivity index (χ3v) is 9.96. The van der Waals surface area contributed by atoms with Crippen molar-refractivity contribution in [3.8, 4) is 0 Å². The Kier molecular flexibility index (Phi) is 15.0. The van der Waals surface area contributed by atoms with Gasteiger partial charge in [0.05, 0.1) is 28.5 Å². The molecule has 302 valence electrons. The quantitative estimate of drug-likeness (QED) is 0.0387. The van der Waals surface area contributed by atoms with Gasteiger partial charge in [-0.2, -0.15) is 8.42 Å². The molecule has 11 nitrogen and oxygen atoms in total. The van der Waals surface area contributed by atoms with Gasteiger partial charge in [-0.3, -0.25) is 13.9 Å². The van der Waals surface area contributed by atoms with Crippen LogP contribution in [0.5, 0.6) is 0 Å². The van der Waals surface area contributed by atoms with Crippen LogP contribution in [-0.4, -0.2) is 47.0 Å². The summed E-state index contributed by atoms with van der Waals surface area (Å²) >= 11 is 0. The molecular formula is C43H48F2N4O7S. The topological polar surface area (TPSA) is 174 Å². The number of rotatable bonds is 13. The summed E-state index contributed by atoms with van der Waals surface area (Å²) in [6.45, 7) is 4.78. The zero-order chi connectivity index (χ0) is 41.0. The predicted molar refractivity (Wildman–Crippen MR) is 214 cm³/mol. The molecule has 0 atom stereocenters. The summed E-state index contributed by atoms with van der Waals surface area (Å²) in [7, 11) is -4.67. The van der Waals surface area contributed by atoms with Crippen LogP contribution in [0.15, 0.2) is 103 Å². The maximum atomic E-state index is 16.4. The molecule has 2 aliphatic rings. The minimum Gasteiger partial charge on any atom is -0.396 e. The highest BCUT2D eigenvalue weighted by Gasteiger charge is 2.38. The molecule has 7 rings (SSSR count). The van der Waals surface area contributed by atoms with E-state index < -0.39 is 28.0 Å². The predicted octanol–water partition coefficient (Wildman–Crippen LogP) is 9.19. The number of aldehydes is 1. The Hall–Kier alpha value is -5.12. The van der Waals surface area contributed by atoms with Gasteiger partial charge in [0.25, 0.3) is 0 Å². The van der Waals surface area contributed by atoms with Crippen molar-refractivity contribution >= 4 is 28.1 Å². The van der Waals surface area contributed by atoms with Gasteiger partial charge in [-0.1, -0.05) is 104 Å². The molecule has 0 bridgehead atoms. The van der Waals surface area contributed by atoms with Gasteiger partial charge in [-0.25, -0.2) is 18.7 Å². The van der Waals surface area contributed by atoms with Gasteiger partial charge in [-0.15, -0.1) is 0 Å². The van der Waals surface area contributed by atoms with Gasteiger partial charge >= 0.3 is 10.4 Å². The van der Waals surface area contributed by atoms with Crippen LogP contribution < -0.4 is 11.1 Å². The van der Waals surface area contributed by atoms with Crippen LogP contribution >= 0.6 is 0 Å². The van der Waals surface area contributed by atoms with Crippen LogP contribution in [0.4, 0.5) is 20.2 Å². The number of anilines is 2. The first-order valence-corrected chi connectivity index (χ1v) is 20.3. The molecule has 3 aromatic carbocycles. The van der Waals surface area contributed by atoms with Crippen LogP contribution in [0, 0.1) is 11.6 Å². The summed E-state index contributed by atoms with van der Waals surface area (Å²) in [6, 6.07) is 33.7. The number of nitrogens with two attached hydrogens (primary N) is 1. The molecule has 14 heteroatoms. The number of hydrogen-bond acceptors (Lipinski definition) is 9. The Bertz CT molecular complexity index is 2060. The van der Waals surface area contributed by atoms with E-state index in [1.807, 2.05) is 68.4 Å². The molecule has 0 unspecified atom stereocenters. The zero-order valence-electron chi connectivity index (χ0n) is 31.9. The summed E-state index contributed by atoms with van der Waals surface area (Å²) in [5.74, 6) is -0.520. The van der Waals surface area contributed by atoms with Crippen molar-refractivity contribution in [1.29, 1.82) is 0 Å². The van der Waals surface area contributed by atoms with Crippen LogP contribution in [0.1, 0.15) is 115 Å². The molecule has 2 aliphatic carbocycles. The fraction of sp³-hybridized carbons (Fsp3) is 0.326. The fourth-order valence-corrected chi connectivity index (χ4v) is 6.84. The van der Waals surface area contributed by atoms with Crippen molar-refractivity contribution in [3.05, 3.63) is 154 Å². The first kappa shape index (κ1) is 43.0. The van der Waals surface area contributed by atoms with E-state index in [9.17, 15) is 9.18 Å². The molecule has 5 aromatic rings. The minimum absolute atomic E-state index is 0.0176. The molecule has 2 saturated carbocycles. The van der Waals surface area contributed by atoms with E-state index in [0.29, 0.717) is 42.3 Å². The van der Waals surface area contributed by atoms with E-state index in [2.05, 4.69) is 46.7 Å². The molecule has 2 fully saturated rings. The molecule has 0 aliphatic heterocycles. The van der Waals surface area contributed by atoms with Crippen LogP contribution in [0.25, 0.3) is 0 Å². The highest BCUT2D eigenvalue weighted by Crippen LogP contribution is 2.44. The second-order valence-electron chi connectivity index (χ2n) is 13.7. The number of nitrogens with one attached hydrogen (secondary N) is 1. The first-order valence-electron chi connectivity index (χ1n) is 18.9. The molecule has 0 spiro atoms. The Balaban J connectivity index is 0.000000268. The van der Waals surface area contributed by atoms with Gasteiger partial charge in [-0.05, 0) is 68.4 Å². The molecular weight excluding hydrogens is 755 g/mol. The second kappa shape index (κ2) is 19.8. The molecule has 57 heavy (non-hydrogen) atoms. The van der Waals surface area contributed by atoms with Gasteiger partial charge in [0, 0.05) is 25.0 Å². The number of nitrogen functional groups attached to an aromatic ring is 1. The van der Waals surface area contributed by atoms with Crippen molar-refractivity contribution in [3.63, 3.8) is 0 Å². The number of pyridine rings is 2. The number of carbonyl (C=O) groups is 1. The minimum atomic E-state index is -4.67. The van der Waals surface area contributed by atoms with Gasteiger partial charge < -0.3 is 20.5 Å². The Morgan fingerprint density at radius 1 is 0.772 bits per heavy atom.